The van der Waals surface area contributed by atoms with E-state index in [-0.39, 0.29) is 17.9 Å². The molecule has 3 rings (SSSR count). The van der Waals surface area contributed by atoms with Crippen LogP contribution in [0, 0.1) is 0 Å². The molecule has 0 unspecified atom stereocenters. The molecular formula is C18H21N3O2S2. The molecule has 1 aliphatic heterocycles. The number of nitrogens with one attached hydrogen (secondary N) is 1. The lowest BCUT2D eigenvalue weighted by atomic mass is 10.0. The molecule has 1 aromatic carbocycles. The minimum absolute atomic E-state index is 0.0260. The predicted molar refractivity (Wildman–Crippen MR) is 103 cm³/mol. The van der Waals surface area contributed by atoms with Gasteiger partial charge in [-0.3, -0.25) is 9.59 Å². The van der Waals surface area contributed by atoms with E-state index in [2.05, 4.69) is 5.32 Å². The van der Waals surface area contributed by atoms with Crippen molar-refractivity contribution in [2.45, 2.75) is 23.1 Å². The summed E-state index contributed by atoms with van der Waals surface area (Å²) in [6, 6.07) is 11.2. The number of nitrogens with zero attached hydrogens (tertiary/aromatic N) is 1. The summed E-state index contributed by atoms with van der Waals surface area (Å²) in [4.78, 5) is 26.3. The minimum atomic E-state index is -0.0532. The van der Waals surface area contributed by atoms with Gasteiger partial charge in [0.25, 0.3) is 5.91 Å². The number of thioether (sulfide) groups is 1. The number of likely N-dealkylation sites (tertiary alicyclic amines) is 1. The molecule has 2 heterocycles. The van der Waals surface area contributed by atoms with E-state index in [1.807, 2.05) is 22.4 Å². The number of hydrogen-bond donors (Lipinski definition) is 2. The summed E-state index contributed by atoms with van der Waals surface area (Å²) in [6.07, 6.45) is 1.70. The van der Waals surface area contributed by atoms with Crippen LogP contribution in [0.15, 0.2) is 46.0 Å². The van der Waals surface area contributed by atoms with E-state index in [9.17, 15) is 9.59 Å². The van der Waals surface area contributed by atoms with Gasteiger partial charge in [0.15, 0.2) is 0 Å². The van der Waals surface area contributed by atoms with Gasteiger partial charge in [-0.1, -0.05) is 6.07 Å². The standard InChI is InChI=1S/C18H21N3O2S2/c19-14-7-9-21(10-8-14)18(23)13-3-5-15(6-4-13)20-16(22)12-25-17-2-1-11-24-17/h1-6,11,14H,7-10,12,19H2,(H,20,22). The zero-order valence-electron chi connectivity index (χ0n) is 13.8. The molecule has 5 nitrogen and oxygen atoms in total. The normalized spacial score (nSPS) is 15.2. The van der Waals surface area contributed by atoms with Crippen molar-refractivity contribution in [3.05, 3.63) is 47.3 Å². The predicted octanol–water partition coefficient (Wildman–Crippen LogP) is 3.04. The van der Waals surface area contributed by atoms with Crippen LogP contribution < -0.4 is 11.1 Å². The topological polar surface area (TPSA) is 75.4 Å². The number of amides is 2. The van der Waals surface area contributed by atoms with Crippen molar-refractivity contribution in [1.29, 1.82) is 0 Å². The zero-order valence-corrected chi connectivity index (χ0v) is 15.4. The molecule has 0 radical (unpaired) electrons. The molecule has 0 atom stereocenters. The average Bonchev–Trinajstić information content (AvgIpc) is 3.14. The summed E-state index contributed by atoms with van der Waals surface area (Å²) >= 11 is 3.14. The number of carbonyl (C=O) groups excluding carboxylic acids is 2. The van der Waals surface area contributed by atoms with Crippen LogP contribution in [0.3, 0.4) is 0 Å². The number of hydrogen-bond acceptors (Lipinski definition) is 5. The van der Waals surface area contributed by atoms with Crippen molar-refractivity contribution in [3.63, 3.8) is 0 Å². The molecule has 1 aliphatic rings. The maximum absolute atomic E-state index is 12.5. The fraction of sp³-hybridized carbons (Fsp3) is 0.333. The van der Waals surface area contributed by atoms with Crippen LogP contribution in [0.2, 0.25) is 0 Å². The van der Waals surface area contributed by atoms with Gasteiger partial charge >= 0.3 is 0 Å². The SMILES string of the molecule is NC1CCN(C(=O)c2ccc(NC(=O)CSc3cccs3)cc2)CC1. The van der Waals surface area contributed by atoms with E-state index in [1.54, 1.807) is 35.6 Å². The van der Waals surface area contributed by atoms with E-state index in [4.69, 9.17) is 5.73 Å². The zero-order chi connectivity index (χ0) is 17.6. The second-order valence-electron chi connectivity index (χ2n) is 5.98. The highest BCUT2D eigenvalue weighted by atomic mass is 32.2. The van der Waals surface area contributed by atoms with Crippen molar-refractivity contribution in [2.24, 2.45) is 5.73 Å². The summed E-state index contributed by atoms with van der Waals surface area (Å²) < 4.78 is 1.12. The van der Waals surface area contributed by atoms with E-state index >= 15 is 0 Å². The summed E-state index contributed by atoms with van der Waals surface area (Å²) in [6.45, 7) is 1.41. The molecule has 2 amide bonds. The Balaban J connectivity index is 1.51. The summed E-state index contributed by atoms with van der Waals surface area (Å²) in [5.41, 5.74) is 7.22. The fourth-order valence-corrected chi connectivity index (χ4v) is 4.24. The molecule has 1 saturated heterocycles. The lowest BCUT2D eigenvalue weighted by molar-refractivity contribution is -0.113. The average molecular weight is 376 g/mol. The molecule has 7 heteroatoms. The Morgan fingerprint density at radius 1 is 1.20 bits per heavy atom. The van der Waals surface area contributed by atoms with Crippen LogP contribution >= 0.6 is 23.1 Å². The Kier molecular flexibility index (Phi) is 6.12. The van der Waals surface area contributed by atoms with Crippen molar-refractivity contribution < 1.29 is 9.59 Å². The van der Waals surface area contributed by atoms with Gasteiger partial charge in [0, 0.05) is 30.4 Å². The Hall–Kier alpha value is -1.83. The molecule has 3 N–H and O–H groups in total. The summed E-state index contributed by atoms with van der Waals surface area (Å²) in [7, 11) is 0. The number of rotatable bonds is 5. The molecule has 2 aromatic rings. The van der Waals surface area contributed by atoms with Crippen molar-refractivity contribution in [1.82, 2.24) is 4.90 Å². The fourth-order valence-electron chi connectivity index (χ4n) is 2.66. The molecule has 25 heavy (non-hydrogen) atoms. The quantitative estimate of drug-likeness (QED) is 0.788. The number of thiophene rings is 1. The van der Waals surface area contributed by atoms with Crippen molar-refractivity contribution in [2.75, 3.05) is 24.2 Å². The summed E-state index contributed by atoms with van der Waals surface area (Å²) in [5, 5.41) is 4.85. The maximum atomic E-state index is 12.5. The van der Waals surface area contributed by atoms with Gasteiger partial charge in [0.05, 0.1) is 9.96 Å². The molecule has 0 saturated carbocycles. The molecule has 1 aromatic heterocycles. The number of carbonyl (C=O) groups is 2. The van der Waals surface area contributed by atoms with Crippen LogP contribution in [-0.2, 0) is 4.79 Å². The van der Waals surface area contributed by atoms with Crippen LogP contribution in [0.1, 0.15) is 23.2 Å². The van der Waals surface area contributed by atoms with Crippen molar-refractivity contribution >= 4 is 40.6 Å². The highest BCUT2D eigenvalue weighted by molar-refractivity contribution is 8.01. The molecule has 0 aliphatic carbocycles. The van der Waals surface area contributed by atoms with Crippen LogP contribution in [-0.4, -0.2) is 41.6 Å². The Morgan fingerprint density at radius 3 is 2.56 bits per heavy atom. The molecule has 132 valence electrons. The molecule has 1 fully saturated rings. The Labute approximate surface area is 155 Å². The smallest absolute Gasteiger partial charge is 0.253 e. The highest BCUT2D eigenvalue weighted by Gasteiger charge is 2.21. The van der Waals surface area contributed by atoms with Crippen LogP contribution in [0.5, 0.6) is 0 Å². The monoisotopic (exact) mass is 375 g/mol. The largest absolute Gasteiger partial charge is 0.339 e. The number of piperidine rings is 1. The summed E-state index contributed by atoms with van der Waals surface area (Å²) in [5.74, 6) is 0.343. The van der Waals surface area contributed by atoms with Crippen molar-refractivity contribution in [3.8, 4) is 0 Å². The third-order valence-corrected chi connectivity index (χ3v) is 6.21. The maximum Gasteiger partial charge on any atom is 0.253 e. The van der Waals surface area contributed by atoms with E-state index < -0.39 is 0 Å². The number of benzene rings is 1. The lowest BCUT2D eigenvalue weighted by Crippen LogP contribution is -2.42. The molecule has 0 spiro atoms. The van der Waals surface area contributed by atoms with Gasteiger partial charge in [-0.15, -0.1) is 23.1 Å². The second-order valence-corrected chi connectivity index (χ2v) is 8.20. The van der Waals surface area contributed by atoms with E-state index in [0.29, 0.717) is 30.1 Å². The van der Waals surface area contributed by atoms with E-state index in [1.165, 1.54) is 11.8 Å². The van der Waals surface area contributed by atoms with Gasteiger partial charge in [-0.2, -0.15) is 0 Å². The Bertz CT molecular complexity index is 708. The third-order valence-electron chi connectivity index (χ3n) is 4.08. The lowest BCUT2D eigenvalue weighted by Gasteiger charge is -2.30. The first-order valence-electron chi connectivity index (χ1n) is 8.23. The van der Waals surface area contributed by atoms with Crippen LogP contribution in [0.4, 0.5) is 5.69 Å². The van der Waals surface area contributed by atoms with Gasteiger partial charge in [-0.25, -0.2) is 0 Å². The molecule has 0 bridgehead atoms. The third kappa shape index (κ3) is 5.07. The number of anilines is 1. The molecular weight excluding hydrogens is 354 g/mol. The second kappa shape index (κ2) is 8.51. The first kappa shape index (κ1) is 18.0. The first-order chi connectivity index (χ1) is 12.1. The van der Waals surface area contributed by atoms with Gasteiger partial charge < -0.3 is 16.0 Å². The number of nitrogens with two attached hydrogens (primary N) is 1. The van der Waals surface area contributed by atoms with E-state index in [0.717, 1.165) is 17.1 Å². The van der Waals surface area contributed by atoms with Gasteiger partial charge in [0.2, 0.25) is 5.91 Å². The first-order valence-corrected chi connectivity index (χ1v) is 10.1. The van der Waals surface area contributed by atoms with Crippen LogP contribution in [0.25, 0.3) is 0 Å². The highest BCUT2D eigenvalue weighted by Crippen LogP contribution is 2.23. The Morgan fingerprint density at radius 2 is 1.92 bits per heavy atom. The van der Waals surface area contributed by atoms with Gasteiger partial charge in [0.1, 0.15) is 0 Å². The minimum Gasteiger partial charge on any atom is -0.339 e. The van der Waals surface area contributed by atoms with Gasteiger partial charge in [-0.05, 0) is 48.6 Å².